The Morgan fingerprint density at radius 1 is 1.62 bits per heavy atom. The average Bonchev–Trinajstić information content (AvgIpc) is 2.49. The first kappa shape index (κ1) is 16.8. The Morgan fingerprint density at radius 3 is 2.90 bits per heavy atom. The van der Waals surface area contributed by atoms with Crippen LogP contribution in [0.15, 0.2) is 23.5 Å². The van der Waals surface area contributed by atoms with E-state index in [4.69, 9.17) is 10.5 Å². The van der Waals surface area contributed by atoms with Gasteiger partial charge in [-0.15, -0.1) is 4.91 Å². The zero-order valence-corrected chi connectivity index (χ0v) is 11.8. The van der Waals surface area contributed by atoms with Crippen molar-refractivity contribution >= 4 is 17.7 Å². The van der Waals surface area contributed by atoms with E-state index in [1.54, 1.807) is 12.1 Å². The summed E-state index contributed by atoms with van der Waals surface area (Å²) < 4.78 is 14.0. The maximum absolute atomic E-state index is 14.0. The maximum atomic E-state index is 14.0. The second kappa shape index (κ2) is 8.85. The van der Waals surface area contributed by atoms with Crippen LogP contribution in [0.2, 0.25) is 0 Å². The molecule has 0 aliphatic carbocycles. The van der Waals surface area contributed by atoms with Gasteiger partial charge in [-0.2, -0.15) is 0 Å². The van der Waals surface area contributed by atoms with E-state index in [1.165, 1.54) is 11.0 Å². The summed E-state index contributed by atoms with van der Waals surface area (Å²) >= 11 is 0. The van der Waals surface area contributed by atoms with Gasteiger partial charge in [-0.05, 0) is 24.6 Å². The first-order valence-corrected chi connectivity index (χ1v) is 6.56. The topological polar surface area (TPSA) is 98.0 Å². The van der Waals surface area contributed by atoms with E-state index in [0.717, 1.165) is 12.8 Å². The highest BCUT2D eigenvalue weighted by molar-refractivity contribution is 5.77. The summed E-state index contributed by atoms with van der Waals surface area (Å²) in [6, 6.07) is 4.49. The van der Waals surface area contributed by atoms with Crippen molar-refractivity contribution in [3.63, 3.8) is 0 Å². The Morgan fingerprint density at radius 2 is 2.38 bits per heavy atom. The molecule has 0 heterocycles. The molecule has 1 atom stereocenters. The number of hydrogen-bond acceptors (Lipinski definition) is 6. The number of aliphatic hydroxyl groups is 1. The molecule has 1 rings (SSSR count). The Bertz CT molecular complexity index is 473. The Hall–Kier alpha value is -2.22. The zero-order valence-electron chi connectivity index (χ0n) is 11.8. The molecule has 0 fully saturated rings. The van der Waals surface area contributed by atoms with E-state index in [-0.39, 0.29) is 13.2 Å². The molecule has 0 spiro atoms. The molecule has 1 aromatic rings. The molecule has 1 unspecified atom stereocenters. The van der Waals surface area contributed by atoms with Crippen molar-refractivity contribution in [1.82, 2.24) is 0 Å². The smallest absolute Gasteiger partial charge is 0.170 e. The standard InChI is InChI=1S/C13H19FN4O3/c1-2-5-18(9-15)13-4-3-10(6-12(13)14)16-7-11(8-19)21-17-20/h3-4,6,9,11,15-16,19H,2,5,7-8H2,1H3. The van der Waals surface area contributed by atoms with Crippen molar-refractivity contribution in [3.8, 4) is 0 Å². The Labute approximate surface area is 122 Å². The zero-order chi connectivity index (χ0) is 15.7. The van der Waals surface area contributed by atoms with E-state index < -0.39 is 11.9 Å². The molecule has 116 valence electrons. The summed E-state index contributed by atoms with van der Waals surface area (Å²) in [5.74, 6) is -0.466. The van der Waals surface area contributed by atoms with Crippen LogP contribution in [-0.2, 0) is 4.84 Å². The molecule has 3 N–H and O–H groups in total. The van der Waals surface area contributed by atoms with E-state index in [1.807, 2.05) is 6.92 Å². The van der Waals surface area contributed by atoms with Crippen LogP contribution < -0.4 is 10.2 Å². The molecule has 0 saturated heterocycles. The fourth-order valence-electron chi connectivity index (χ4n) is 1.77. The fraction of sp³-hybridized carbons (Fsp3) is 0.462. The monoisotopic (exact) mass is 298 g/mol. The lowest BCUT2D eigenvalue weighted by atomic mass is 10.2. The number of hydrogen-bond donors (Lipinski definition) is 3. The minimum absolute atomic E-state index is 0.115. The third kappa shape index (κ3) is 4.99. The van der Waals surface area contributed by atoms with E-state index in [9.17, 15) is 9.30 Å². The molecule has 0 aromatic heterocycles. The van der Waals surface area contributed by atoms with Gasteiger partial charge in [0.05, 0.1) is 25.2 Å². The highest BCUT2D eigenvalue weighted by Crippen LogP contribution is 2.22. The first-order valence-electron chi connectivity index (χ1n) is 6.56. The summed E-state index contributed by atoms with van der Waals surface area (Å²) in [7, 11) is 0. The molecular formula is C13H19FN4O3. The van der Waals surface area contributed by atoms with Crippen LogP contribution >= 0.6 is 0 Å². The number of halogens is 1. The molecular weight excluding hydrogens is 279 g/mol. The van der Waals surface area contributed by atoms with Crippen LogP contribution in [-0.4, -0.2) is 37.2 Å². The fourth-order valence-corrected chi connectivity index (χ4v) is 1.77. The first-order chi connectivity index (χ1) is 10.2. The van der Waals surface area contributed by atoms with Crippen molar-refractivity contribution < 1.29 is 14.3 Å². The molecule has 0 radical (unpaired) electrons. The predicted octanol–water partition coefficient (Wildman–Crippen LogP) is 2.12. The van der Waals surface area contributed by atoms with Crippen LogP contribution in [0.1, 0.15) is 13.3 Å². The largest absolute Gasteiger partial charge is 0.392 e. The Balaban J connectivity index is 2.73. The molecule has 8 heteroatoms. The van der Waals surface area contributed by atoms with Crippen molar-refractivity contribution in [3.05, 3.63) is 28.9 Å². The molecule has 1 aromatic carbocycles. The average molecular weight is 298 g/mol. The van der Waals surface area contributed by atoms with Crippen molar-refractivity contribution in [1.29, 1.82) is 5.41 Å². The quantitative estimate of drug-likeness (QED) is 0.266. The van der Waals surface area contributed by atoms with Crippen molar-refractivity contribution in [2.45, 2.75) is 19.4 Å². The van der Waals surface area contributed by atoms with E-state index in [2.05, 4.69) is 15.5 Å². The molecule has 0 aliphatic heterocycles. The van der Waals surface area contributed by atoms with Crippen molar-refractivity contribution in [2.75, 3.05) is 29.9 Å². The number of benzene rings is 1. The summed E-state index contributed by atoms with van der Waals surface area (Å²) in [6.07, 6.45) is 1.09. The van der Waals surface area contributed by atoms with Crippen LogP contribution in [0.5, 0.6) is 0 Å². The minimum atomic E-state index is -0.789. The van der Waals surface area contributed by atoms with Gasteiger partial charge in [0.1, 0.15) is 5.82 Å². The van der Waals surface area contributed by atoms with Gasteiger partial charge in [0.25, 0.3) is 0 Å². The lowest BCUT2D eigenvalue weighted by Crippen LogP contribution is -2.25. The van der Waals surface area contributed by atoms with Gasteiger partial charge >= 0.3 is 0 Å². The summed E-state index contributed by atoms with van der Waals surface area (Å²) in [5, 5.41) is 21.3. The second-order valence-corrected chi connectivity index (χ2v) is 4.35. The maximum Gasteiger partial charge on any atom is 0.170 e. The number of rotatable bonds is 10. The van der Waals surface area contributed by atoms with Crippen LogP contribution in [0.25, 0.3) is 0 Å². The lowest BCUT2D eigenvalue weighted by molar-refractivity contribution is 0.0223. The highest BCUT2D eigenvalue weighted by atomic mass is 19.1. The molecule has 0 saturated carbocycles. The summed E-state index contributed by atoms with van der Waals surface area (Å²) in [6.45, 7) is 2.24. The van der Waals surface area contributed by atoms with Gasteiger partial charge in [-0.3, -0.25) is 5.41 Å². The number of anilines is 2. The van der Waals surface area contributed by atoms with Gasteiger partial charge in [-0.1, -0.05) is 6.92 Å². The highest BCUT2D eigenvalue weighted by Gasteiger charge is 2.12. The van der Waals surface area contributed by atoms with Crippen LogP contribution in [0, 0.1) is 16.1 Å². The molecule has 21 heavy (non-hydrogen) atoms. The molecule has 0 bridgehead atoms. The second-order valence-electron chi connectivity index (χ2n) is 4.35. The van der Waals surface area contributed by atoms with Gasteiger partial charge in [-0.25, -0.2) is 4.39 Å². The molecule has 7 nitrogen and oxygen atoms in total. The lowest BCUT2D eigenvalue weighted by Gasteiger charge is -2.19. The summed E-state index contributed by atoms with van der Waals surface area (Å²) in [5.41, 5.74) is 0.799. The van der Waals surface area contributed by atoms with Gasteiger partial charge in [0.2, 0.25) is 0 Å². The number of nitrogens with one attached hydrogen (secondary N) is 2. The number of aliphatic hydroxyl groups excluding tert-OH is 1. The third-order valence-corrected chi connectivity index (χ3v) is 2.81. The van der Waals surface area contributed by atoms with Gasteiger partial charge < -0.3 is 20.2 Å². The minimum Gasteiger partial charge on any atom is -0.392 e. The third-order valence-electron chi connectivity index (χ3n) is 2.81. The Kier molecular flexibility index (Phi) is 7.10. The van der Waals surface area contributed by atoms with Crippen molar-refractivity contribution in [2.24, 2.45) is 5.34 Å². The van der Waals surface area contributed by atoms with E-state index >= 15 is 0 Å². The van der Waals surface area contributed by atoms with Crippen LogP contribution in [0.3, 0.4) is 0 Å². The SMILES string of the molecule is CCCN(C=N)c1ccc(NCC(CO)ON=O)cc1F. The number of nitrogens with zero attached hydrogens (tertiary/aromatic N) is 2. The molecule has 0 amide bonds. The van der Waals surface area contributed by atoms with Gasteiger partial charge in [0.15, 0.2) is 11.4 Å². The van der Waals surface area contributed by atoms with Crippen LogP contribution in [0.4, 0.5) is 15.8 Å². The normalized spacial score (nSPS) is 11.6. The summed E-state index contributed by atoms with van der Waals surface area (Å²) in [4.78, 5) is 15.8. The molecule has 0 aliphatic rings. The predicted molar refractivity (Wildman–Crippen MR) is 79.1 cm³/mol. The van der Waals surface area contributed by atoms with E-state index in [0.29, 0.717) is 17.9 Å². The van der Waals surface area contributed by atoms with Gasteiger partial charge in [0, 0.05) is 12.2 Å².